The fraction of sp³-hybridized carbons (Fsp3) is 0.364. The minimum Gasteiger partial charge on any atom is -0.347 e. The third kappa shape index (κ3) is 4.57. The van der Waals surface area contributed by atoms with Crippen LogP contribution in [-0.4, -0.2) is 28.3 Å². The average molecular weight is 520 g/mol. The van der Waals surface area contributed by atoms with Crippen molar-refractivity contribution in [3.63, 3.8) is 0 Å². The van der Waals surface area contributed by atoms with Crippen LogP contribution in [0.4, 0.5) is 0 Å². The van der Waals surface area contributed by atoms with Crippen LogP contribution in [0.2, 0.25) is 0 Å². The van der Waals surface area contributed by atoms with Crippen molar-refractivity contribution in [2.75, 3.05) is 6.54 Å². The molecule has 4 rings (SSSR count). The van der Waals surface area contributed by atoms with Gasteiger partial charge in [-0.05, 0) is 37.3 Å². The monoisotopic (exact) mass is 520 g/mol. The molecule has 7 heteroatoms. The fourth-order valence-electron chi connectivity index (χ4n) is 3.81. The molecule has 1 aromatic carbocycles. The number of nitrogens with one attached hydrogen (secondary N) is 1. The number of hydrogen-bond acceptors (Lipinski definition) is 4. The van der Waals surface area contributed by atoms with Crippen molar-refractivity contribution in [3.05, 3.63) is 63.5 Å². The first-order valence-corrected chi connectivity index (χ1v) is 12.3. The summed E-state index contributed by atoms with van der Waals surface area (Å²) in [4.78, 5) is 15.0. The number of alkyl halides is 1. The molecule has 1 atom stereocenters. The number of rotatable bonds is 7. The van der Waals surface area contributed by atoms with Crippen LogP contribution >= 0.6 is 33.9 Å². The topological polar surface area (TPSA) is 72.9 Å². The minimum absolute atomic E-state index is 0.0197. The van der Waals surface area contributed by atoms with Crippen LogP contribution in [0, 0.1) is 0 Å². The number of amides is 1. The van der Waals surface area contributed by atoms with E-state index in [1.807, 2.05) is 24.4 Å². The summed E-state index contributed by atoms with van der Waals surface area (Å²) in [5, 5.41) is 7.70. The SMILES string of the molecule is NCC(CCc1ccccc1)NC(=O)c1cc2c(s1)CCCn1ncc(CI)c1-2. The van der Waals surface area contributed by atoms with Gasteiger partial charge in [0.15, 0.2) is 0 Å². The van der Waals surface area contributed by atoms with Gasteiger partial charge in [0.05, 0.1) is 16.8 Å². The third-order valence-electron chi connectivity index (χ3n) is 5.36. The van der Waals surface area contributed by atoms with E-state index < -0.39 is 0 Å². The standard InChI is InChI=1S/C22H25IN4OS/c23-12-16-14-25-27-10-4-7-19-18(21(16)27)11-20(29-19)22(28)26-17(13-24)9-8-15-5-2-1-3-6-15/h1-3,5-6,11,14,17H,4,7-10,12-13,24H2,(H,26,28). The van der Waals surface area contributed by atoms with Gasteiger partial charge in [-0.15, -0.1) is 11.3 Å². The summed E-state index contributed by atoms with van der Waals surface area (Å²) in [6, 6.07) is 12.3. The van der Waals surface area contributed by atoms with Gasteiger partial charge < -0.3 is 11.1 Å². The van der Waals surface area contributed by atoms with Crippen LogP contribution in [0.3, 0.4) is 0 Å². The molecule has 3 N–H and O–H groups in total. The number of nitrogens with two attached hydrogens (primary N) is 1. The van der Waals surface area contributed by atoms with Crippen molar-refractivity contribution in [2.45, 2.75) is 42.7 Å². The fourth-order valence-corrected chi connectivity index (χ4v) is 5.47. The molecule has 3 heterocycles. The lowest BCUT2D eigenvalue weighted by molar-refractivity contribution is 0.0940. The van der Waals surface area contributed by atoms with E-state index in [4.69, 9.17) is 5.73 Å². The molecule has 152 valence electrons. The molecular formula is C22H25IN4OS. The summed E-state index contributed by atoms with van der Waals surface area (Å²) in [5.74, 6) is -0.0197. The molecule has 5 nitrogen and oxygen atoms in total. The Balaban J connectivity index is 1.49. The molecule has 0 aliphatic carbocycles. The van der Waals surface area contributed by atoms with E-state index in [1.165, 1.54) is 27.3 Å². The summed E-state index contributed by atoms with van der Waals surface area (Å²) in [5.41, 5.74) is 10.8. The molecule has 29 heavy (non-hydrogen) atoms. The minimum atomic E-state index is -0.0277. The maximum atomic E-state index is 13.0. The van der Waals surface area contributed by atoms with E-state index in [9.17, 15) is 4.79 Å². The van der Waals surface area contributed by atoms with Gasteiger partial charge in [-0.1, -0.05) is 52.9 Å². The number of carbonyl (C=O) groups excluding carboxylic acids is 1. The van der Waals surface area contributed by atoms with Gasteiger partial charge in [0, 0.05) is 39.6 Å². The Hall–Kier alpha value is -1.71. The van der Waals surface area contributed by atoms with Crippen LogP contribution in [0.1, 0.15) is 38.5 Å². The molecule has 0 radical (unpaired) electrons. The first-order chi connectivity index (χ1) is 14.2. The van der Waals surface area contributed by atoms with E-state index >= 15 is 0 Å². The lowest BCUT2D eigenvalue weighted by Crippen LogP contribution is -2.40. The molecule has 1 amide bonds. The number of aromatic nitrogens is 2. The van der Waals surface area contributed by atoms with Gasteiger partial charge in [-0.25, -0.2) is 0 Å². The predicted octanol–water partition coefficient (Wildman–Crippen LogP) is 4.18. The van der Waals surface area contributed by atoms with Crippen molar-refractivity contribution < 1.29 is 4.79 Å². The van der Waals surface area contributed by atoms with Crippen LogP contribution in [0.5, 0.6) is 0 Å². The van der Waals surface area contributed by atoms with Gasteiger partial charge >= 0.3 is 0 Å². The molecule has 1 unspecified atom stereocenters. The molecule has 3 aromatic rings. The first-order valence-electron chi connectivity index (χ1n) is 9.98. The second kappa shape index (κ2) is 9.40. The van der Waals surface area contributed by atoms with E-state index in [-0.39, 0.29) is 11.9 Å². The summed E-state index contributed by atoms with van der Waals surface area (Å²) in [6.07, 6.45) is 5.74. The van der Waals surface area contributed by atoms with Gasteiger partial charge in [-0.3, -0.25) is 9.48 Å². The number of aryl methyl sites for hydroxylation is 3. The van der Waals surface area contributed by atoms with E-state index in [0.29, 0.717) is 6.54 Å². The highest BCUT2D eigenvalue weighted by Crippen LogP contribution is 2.37. The Morgan fingerprint density at radius 1 is 1.34 bits per heavy atom. The Labute approximate surface area is 188 Å². The maximum absolute atomic E-state index is 13.0. The van der Waals surface area contributed by atoms with Crippen LogP contribution in [-0.2, 0) is 23.8 Å². The Morgan fingerprint density at radius 3 is 2.93 bits per heavy atom. The number of nitrogens with zero attached hydrogens (tertiary/aromatic N) is 2. The van der Waals surface area contributed by atoms with Crippen LogP contribution in [0.25, 0.3) is 11.3 Å². The summed E-state index contributed by atoms with van der Waals surface area (Å²) < 4.78 is 3.01. The summed E-state index contributed by atoms with van der Waals surface area (Å²) >= 11 is 3.99. The van der Waals surface area contributed by atoms with Crippen LogP contribution < -0.4 is 11.1 Å². The number of hydrogen-bond donors (Lipinski definition) is 2. The second-order valence-electron chi connectivity index (χ2n) is 7.36. The zero-order valence-electron chi connectivity index (χ0n) is 16.2. The lowest BCUT2D eigenvalue weighted by atomic mass is 10.1. The zero-order chi connectivity index (χ0) is 20.2. The molecule has 1 aliphatic rings. The Kier molecular flexibility index (Phi) is 6.67. The summed E-state index contributed by atoms with van der Waals surface area (Å²) in [6.45, 7) is 1.37. The van der Waals surface area contributed by atoms with Gasteiger partial charge in [0.2, 0.25) is 0 Å². The average Bonchev–Trinajstić information content (AvgIpc) is 3.31. The maximum Gasteiger partial charge on any atom is 0.261 e. The van der Waals surface area contributed by atoms with Crippen molar-refractivity contribution in [3.8, 4) is 11.3 Å². The smallest absolute Gasteiger partial charge is 0.261 e. The largest absolute Gasteiger partial charge is 0.347 e. The van der Waals surface area contributed by atoms with Crippen molar-refractivity contribution >= 4 is 39.8 Å². The number of benzene rings is 1. The summed E-state index contributed by atoms with van der Waals surface area (Å²) in [7, 11) is 0. The first kappa shape index (κ1) is 20.6. The highest BCUT2D eigenvalue weighted by molar-refractivity contribution is 14.1. The van der Waals surface area contributed by atoms with Gasteiger partial charge in [0.25, 0.3) is 5.91 Å². The number of halogens is 1. The predicted molar refractivity (Wildman–Crippen MR) is 127 cm³/mol. The molecule has 0 fully saturated rings. The molecule has 0 saturated carbocycles. The molecule has 1 aliphatic heterocycles. The zero-order valence-corrected chi connectivity index (χ0v) is 19.2. The van der Waals surface area contributed by atoms with Crippen LogP contribution in [0.15, 0.2) is 42.6 Å². The third-order valence-corrected chi connectivity index (χ3v) is 7.38. The van der Waals surface area contributed by atoms with Gasteiger partial charge in [0.1, 0.15) is 0 Å². The highest BCUT2D eigenvalue weighted by Gasteiger charge is 2.24. The number of thiophene rings is 1. The van der Waals surface area contributed by atoms with E-state index in [0.717, 1.165) is 41.5 Å². The Bertz CT molecular complexity index is 982. The van der Waals surface area contributed by atoms with Gasteiger partial charge in [-0.2, -0.15) is 5.10 Å². The molecular weight excluding hydrogens is 495 g/mol. The normalized spacial score (nSPS) is 14.0. The molecule has 0 bridgehead atoms. The van der Waals surface area contributed by atoms with Crippen molar-refractivity contribution in [2.24, 2.45) is 5.73 Å². The molecule has 0 saturated heterocycles. The second-order valence-corrected chi connectivity index (χ2v) is 9.26. The van der Waals surface area contributed by atoms with Crippen molar-refractivity contribution in [1.82, 2.24) is 15.1 Å². The van der Waals surface area contributed by atoms with Crippen molar-refractivity contribution in [1.29, 1.82) is 0 Å². The number of carbonyl (C=O) groups is 1. The Morgan fingerprint density at radius 2 is 2.17 bits per heavy atom. The lowest BCUT2D eigenvalue weighted by Gasteiger charge is -2.16. The van der Waals surface area contributed by atoms with E-state index in [2.05, 4.69) is 55.9 Å². The highest BCUT2D eigenvalue weighted by atomic mass is 127. The molecule has 0 spiro atoms. The number of fused-ring (bicyclic) bond motifs is 3. The quantitative estimate of drug-likeness (QED) is 0.363. The molecule has 2 aromatic heterocycles. The van der Waals surface area contributed by atoms with E-state index in [1.54, 1.807) is 11.3 Å².